The first-order valence-corrected chi connectivity index (χ1v) is 11.2. The molecule has 2 rings (SSSR count). The molecule has 0 radical (unpaired) electrons. The van der Waals surface area contributed by atoms with Crippen LogP contribution in [0.2, 0.25) is 0 Å². The average Bonchev–Trinajstić information content (AvgIpc) is 2.53. The van der Waals surface area contributed by atoms with Gasteiger partial charge in [-0.2, -0.15) is 0 Å². The van der Waals surface area contributed by atoms with Gasteiger partial charge in [0.05, 0.1) is 11.9 Å². The molecule has 0 aliphatic heterocycles. The number of carbonyl (C=O) groups is 1. The Kier molecular flexibility index (Phi) is 6.55. The second-order valence-corrected chi connectivity index (χ2v) is 9.45. The summed E-state index contributed by atoms with van der Waals surface area (Å²) < 4.78 is 26.5. The van der Waals surface area contributed by atoms with E-state index in [-0.39, 0.29) is 5.91 Å². The molecule has 6 heteroatoms. The van der Waals surface area contributed by atoms with Crippen LogP contribution in [0.25, 0.3) is 0 Å². The van der Waals surface area contributed by atoms with Gasteiger partial charge in [-0.05, 0) is 75.4 Å². The zero-order valence-corrected chi connectivity index (χ0v) is 18.6. The van der Waals surface area contributed by atoms with E-state index in [0.29, 0.717) is 12.1 Å². The number of carbonyl (C=O) groups excluding carboxylic acids is 1. The fourth-order valence-corrected chi connectivity index (χ4v) is 4.92. The van der Waals surface area contributed by atoms with E-state index in [1.54, 1.807) is 12.1 Å². The summed E-state index contributed by atoms with van der Waals surface area (Å²) in [5.74, 6) is -0.331. The molecule has 0 heterocycles. The van der Waals surface area contributed by atoms with Crippen LogP contribution in [-0.4, -0.2) is 26.6 Å². The molecule has 0 saturated carbocycles. The van der Waals surface area contributed by atoms with Crippen molar-refractivity contribution in [2.45, 2.75) is 54.0 Å². The molecule has 0 fully saturated rings. The van der Waals surface area contributed by atoms with E-state index in [4.69, 9.17) is 0 Å². The van der Waals surface area contributed by atoms with Gasteiger partial charge >= 0.3 is 0 Å². The van der Waals surface area contributed by atoms with Crippen molar-refractivity contribution in [1.82, 2.24) is 0 Å². The van der Waals surface area contributed by atoms with Crippen molar-refractivity contribution in [3.63, 3.8) is 0 Å². The quantitative estimate of drug-likeness (QED) is 0.778. The van der Waals surface area contributed by atoms with Crippen LogP contribution in [-0.2, 0) is 14.8 Å². The number of rotatable bonds is 6. The number of hydrogen-bond donors (Lipinski definition) is 1. The minimum Gasteiger partial charge on any atom is -0.324 e. The first-order valence-electron chi connectivity index (χ1n) is 9.40. The highest BCUT2D eigenvalue weighted by Gasteiger charge is 2.32. The number of amides is 1. The minimum atomic E-state index is -3.65. The second kappa shape index (κ2) is 8.35. The van der Waals surface area contributed by atoms with Gasteiger partial charge in [-0.15, -0.1) is 0 Å². The predicted octanol–water partition coefficient (Wildman–Crippen LogP) is 4.41. The van der Waals surface area contributed by atoms with Crippen molar-refractivity contribution < 1.29 is 13.2 Å². The lowest BCUT2D eigenvalue weighted by atomic mass is 10.0. The molecule has 0 unspecified atom stereocenters. The lowest BCUT2D eigenvalue weighted by Crippen LogP contribution is -2.47. The van der Waals surface area contributed by atoms with E-state index >= 15 is 0 Å². The van der Waals surface area contributed by atoms with Gasteiger partial charge in [0.15, 0.2) is 0 Å². The third-order valence-corrected chi connectivity index (χ3v) is 5.90. The molecule has 28 heavy (non-hydrogen) atoms. The van der Waals surface area contributed by atoms with Gasteiger partial charge in [-0.25, -0.2) is 8.42 Å². The van der Waals surface area contributed by atoms with Crippen molar-refractivity contribution in [3.8, 4) is 0 Å². The van der Waals surface area contributed by atoms with E-state index in [1.807, 2.05) is 59.7 Å². The van der Waals surface area contributed by atoms with E-state index < -0.39 is 16.1 Å². The Labute approximate surface area is 168 Å². The van der Waals surface area contributed by atoms with Crippen LogP contribution in [0.3, 0.4) is 0 Å². The number of anilines is 2. The summed E-state index contributed by atoms with van der Waals surface area (Å²) in [5.41, 5.74) is 6.18. The number of aryl methyl sites for hydroxylation is 5. The van der Waals surface area contributed by atoms with Crippen LogP contribution < -0.4 is 9.62 Å². The summed E-state index contributed by atoms with van der Waals surface area (Å²) in [7, 11) is -3.65. The van der Waals surface area contributed by atoms with Crippen molar-refractivity contribution in [2.75, 3.05) is 15.9 Å². The molecule has 1 atom stereocenters. The maximum absolute atomic E-state index is 13.1. The Morgan fingerprint density at radius 2 is 1.39 bits per heavy atom. The van der Waals surface area contributed by atoms with E-state index in [0.717, 1.165) is 39.8 Å². The molecule has 1 amide bonds. The Morgan fingerprint density at radius 1 is 0.929 bits per heavy atom. The molecule has 0 saturated heterocycles. The zero-order valence-electron chi connectivity index (χ0n) is 17.8. The molecule has 0 aromatic heterocycles. The number of benzene rings is 2. The maximum atomic E-state index is 13.1. The van der Waals surface area contributed by atoms with Crippen molar-refractivity contribution >= 4 is 27.3 Å². The Morgan fingerprint density at radius 3 is 1.82 bits per heavy atom. The lowest BCUT2D eigenvalue weighted by Gasteiger charge is -2.31. The summed E-state index contributed by atoms with van der Waals surface area (Å²) >= 11 is 0. The first kappa shape index (κ1) is 22.0. The topological polar surface area (TPSA) is 66.5 Å². The van der Waals surface area contributed by atoms with Crippen LogP contribution >= 0.6 is 0 Å². The molecule has 2 aromatic carbocycles. The van der Waals surface area contributed by atoms with Gasteiger partial charge in [0.25, 0.3) is 0 Å². The summed E-state index contributed by atoms with van der Waals surface area (Å²) in [6.45, 7) is 11.5. The molecular formula is C22H30N2O3S. The van der Waals surface area contributed by atoms with E-state index in [1.165, 1.54) is 4.31 Å². The fourth-order valence-electron chi connectivity index (χ4n) is 3.72. The second-order valence-electron chi connectivity index (χ2n) is 7.59. The highest BCUT2D eigenvalue weighted by Crippen LogP contribution is 2.27. The molecular weight excluding hydrogens is 372 g/mol. The lowest BCUT2D eigenvalue weighted by molar-refractivity contribution is -0.117. The van der Waals surface area contributed by atoms with Gasteiger partial charge in [-0.1, -0.05) is 30.7 Å². The zero-order chi connectivity index (χ0) is 21.2. The van der Waals surface area contributed by atoms with Gasteiger partial charge in [0.1, 0.15) is 6.04 Å². The number of nitrogens with one attached hydrogen (secondary N) is 1. The van der Waals surface area contributed by atoms with Crippen LogP contribution in [0.5, 0.6) is 0 Å². The van der Waals surface area contributed by atoms with Crippen LogP contribution in [0, 0.1) is 34.6 Å². The first-order chi connectivity index (χ1) is 12.9. The Balaban J connectivity index is 2.48. The van der Waals surface area contributed by atoms with Crippen molar-refractivity contribution in [3.05, 3.63) is 58.1 Å². The smallest absolute Gasteiger partial charge is 0.248 e. The maximum Gasteiger partial charge on any atom is 0.248 e. The highest BCUT2D eigenvalue weighted by molar-refractivity contribution is 7.92. The van der Waals surface area contributed by atoms with Gasteiger partial charge in [0, 0.05) is 5.69 Å². The van der Waals surface area contributed by atoms with Gasteiger partial charge in [0.2, 0.25) is 15.9 Å². The molecule has 2 aromatic rings. The highest BCUT2D eigenvalue weighted by atomic mass is 32.2. The molecule has 0 aliphatic rings. The summed E-state index contributed by atoms with van der Waals surface area (Å²) in [5, 5.41) is 2.96. The van der Waals surface area contributed by atoms with Crippen molar-refractivity contribution in [1.29, 1.82) is 0 Å². The summed E-state index contributed by atoms with van der Waals surface area (Å²) in [6, 6.07) is 8.74. The van der Waals surface area contributed by atoms with E-state index in [9.17, 15) is 13.2 Å². The summed E-state index contributed by atoms with van der Waals surface area (Å²) in [6.07, 6.45) is 1.50. The molecule has 5 nitrogen and oxygen atoms in total. The standard InChI is InChI=1S/C22H30N2O3S/c1-8-20(22(25)23-21-17(5)10-16(4)11-18(21)6)24(28(7,26)27)19-12-14(2)9-15(3)13-19/h9-13,20H,8H2,1-7H3,(H,23,25)/t20-/m1/s1. The Bertz CT molecular complexity index is 954. The number of sulfonamides is 1. The minimum absolute atomic E-state index is 0.331. The molecule has 0 spiro atoms. The van der Waals surface area contributed by atoms with Gasteiger partial charge < -0.3 is 5.32 Å². The molecule has 152 valence electrons. The summed E-state index contributed by atoms with van der Waals surface area (Å²) in [4.78, 5) is 13.1. The van der Waals surface area contributed by atoms with Crippen LogP contribution in [0.4, 0.5) is 11.4 Å². The average molecular weight is 403 g/mol. The monoisotopic (exact) mass is 402 g/mol. The third-order valence-electron chi connectivity index (χ3n) is 4.72. The number of nitrogens with zero attached hydrogens (tertiary/aromatic N) is 1. The molecule has 0 aliphatic carbocycles. The number of hydrogen-bond acceptors (Lipinski definition) is 3. The van der Waals surface area contributed by atoms with Crippen LogP contribution in [0.15, 0.2) is 30.3 Å². The Hall–Kier alpha value is -2.34. The van der Waals surface area contributed by atoms with Crippen LogP contribution in [0.1, 0.15) is 41.2 Å². The van der Waals surface area contributed by atoms with E-state index in [2.05, 4.69) is 5.32 Å². The van der Waals surface area contributed by atoms with Gasteiger partial charge in [-0.3, -0.25) is 9.10 Å². The normalized spacial score (nSPS) is 12.5. The predicted molar refractivity (Wildman–Crippen MR) is 117 cm³/mol. The molecule has 1 N–H and O–H groups in total. The molecule has 0 bridgehead atoms. The SMILES string of the molecule is CC[C@H](C(=O)Nc1c(C)cc(C)cc1C)N(c1cc(C)cc(C)c1)S(C)(=O)=O. The van der Waals surface area contributed by atoms with Crippen molar-refractivity contribution in [2.24, 2.45) is 0 Å². The third kappa shape index (κ3) is 4.93. The largest absolute Gasteiger partial charge is 0.324 e. The fraction of sp³-hybridized carbons (Fsp3) is 0.409.